The Morgan fingerprint density at radius 3 is 2.03 bits per heavy atom. The first-order valence-corrected chi connectivity index (χ1v) is 13.3. The Morgan fingerprint density at radius 2 is 1.47 bits per heavy atom. The van der Waals surface area contributed by atoms with Crippen LogP contribution in [0, 0.1) is 6.92 Å². The quantitative estimate of drug-likeness (QED) is 0.422. The Morgan fingerprint density at radius 1 is 0.917 bits per heavy atom. The van der Waals surface area contributed by atoms with E-state index in [1.54, 1.807) is 62.4 Å². The number of benzene rings is 3. The highest BCUT2D eigenvalue weighted by atomic mass is 35.5. The molecule has 7 nitrogen and oxygen atoms in total. The molecular formula is C26H27Cl2N3O4S. The Kier molecular flexibility index (Phi) is 9.00. The molecule has 190 valence electrons. The first-order chi connectivity index (χ1) is 17.0. The summed E-state index contributed by atoms with van der Waals surface area (Å²) in [6.07, 6.45) is 0. The van der Waals surface area contributed by atoms with E-state index in [1.807, 2.05) is 0 Å². The van der Waals surface area contributed by atoms with Crippen molar-refractivity contribution in [2.75, 3.05) is 17.9 Å². The molecule has 0 aliphatic heterocycles. The number of carbonyl (C=O) groups is 2. The molecule has 0 aliphatic carbocycles. The standard InChI is InChI=1S/C26H27Cl2N3O4S/c1-18-6-4-5-7-24(18)31(36(34,35)23-14-12-22(28)13-15-23)17-25(32)30(19(2)26(33)29-3)16-20-8-10-21(27)11-9-20/h4-15,19H,16-17H2,1-3H3,(H,29,33)/t19-/m0/s1. The van der Waals surface area contributed by atoms with Crippen molar-refractivity contribution >= 4 is 50.7 Å². The molecule has 0 fully saturated rings. The Bertz CT molecular complexity index is 1330. The van der Waals surface area contributed by atoms with Gasteiger partial charge in [0.05, 0.1) is 10.6 Å². The number of para-hydroxylation sites is 1. The van der Waals surface area contributed by atoms with E-state index in [0.29, 0.717) is 21.3 Å². The molecule has 0 saturated carbocycles. The van der Waals surface area contributed by atoms with Crippen LogP contribution in [0.25, 0.3) is 0 Å². The predicted octanol–water partition coefficient (Wildman–Crippen LogP) is 4.66. The van der Waals surface area contributed by atoms with Crippen LogP contribution in [0.3, 0.4) is 0 Å². The van der Waals surface area contributed by atoms with E-state index in [0.717, 1.165) is 9.87 Å². The molecule has 0 aliphatic rings. The summed E-state index contributed by atoms with van der Waals surface area (Å²) in [6, 6.07) is 18.7. The van der Waals surface area contributed by atoms with Crippen molar-refractivity contribution in [1.29, 1.82) is 0 Å². The number of aryl methyl sites for hydroxylation is 1. The number of rotatable bonds is 9. The zero-order chi connectivity index (χ0) is 26.5. The average molecular weight is 548 g/mol. The minimum absolute atomic E-state index is 0.00782. The number of nitrogens with one attached hydrogen (secondary N) is 1. The van der Waals surface area contributed by atoms with Gasteiger partial charge < -0.3 is 10.2 Å². The van der Waals surface area contributed by atoms with Crippen molar-refractivity contribution in [3.05, 3.63) is 94.0 Å². The maximum atomic E-state index is 13.7. The zero-order valence-corrected chi connectivity index (χ0v) is 22.4. The van der Waals surface area contributed by atoms with Crippen molar-refractivity contribution in [2.45, 2.75) is 31.3 Å². The number of hydrogen-bond donors (Lipinski definition) is 1. The van der Waals surface area contributed by atoms with Crippen LogP contribution in [0.1, 0.15) is 18.1 Å². The summed E-state index contributed by atoms with van der Waals surface area (Å²) in [5, 5.41) is 3.48. The van der Waals surface area contributed by atoms with E-state index in [4.69, 9.17) is 23.2 Å². The van der Waals surface area contributed by atoms with Gasteiger partial charge in [-0.05, 0) is 67.4 Å². The molecule has 0 heterocycles. The predicted molar refractivity (Wildman–Crippen MR) is 143 cm³/mol. The first kappa shape index (κ1) is 27.5. The number of anilines is 1. The van der Waals surface area contributed by atoms with Gasteiger partial charge in [0.25, 0.3) is 10.0 Å². The molecule has 10 heteroatoms. The third-order valence-electron chi connectivity index (χ3n) is 5.74. The van der Waals surface area contributed by atoms with Crippen LogP contribution in [0.4, 0.5) is 5.69 Å². The van der Waals surface area contributed by atoms with Gasteiger partial charge in [0.15, 0.2) is 0 Å². The molecule has 0 aromatic heterocycles. The van der Waals surface area contributed by atoms with Crippen LogP contribution in [0.15, 0.2) is 77.7 Å². The fourth-order valence-electron chi connectivity index (χ4n) is 3.67. The highest BCUT2D eigenvalue weighted by molar-refractivity contribution is 7.92. The number of halogens is 2. The lowest BCUT2D eigenvalue weighted by molar-refractivity contribution is -0.139. The normalized spacial score (nSPS) is 12.0. The monoisotopic (exact) mass is 547 g/mol. The lowest BCUT2D eigenvalue weighted by atomic mass is 10.1. The van der Waals surface area contributed by atoms with Crippen molar-refractivity contribution in [3.63, 3.8) is 0 Å². The van der Waals surface area contributed by atoms with E-state index >= 15 is 0 Å². The number of nitrogens with zero attached hydrogens (tertiary/aromatic N) is 2. The summed E-state index contributed by atoms with van der Waals surface area (Å²) in [5.41, 5.74) is 1.78. The SMILES string of the molecule is CNC(=O)[C@H](C)N(Cc1ccc(Cl)cc1)C(=O)CN(c1ccccc1C)S(=O)(=O)c1ccc(Cl)cc1. The second-order valence-electron chi connectivity index (χ2n) is 8.19. The molecule has 0 unspecified atom stereocenters. The summed E-state index contributed by atoms with van der Waals surface area (Å²) >= 11 is 11.9. The van der Waals surface area contributed by atoms with Crippen LogP contribution >= 0.6 is 23.2 Å². The Labute approximate surface area is 221 Å². The van der Waals surface area contributed by atoms with Gasteiger partial charge >= 0.3 is 0 Å². The zero-order valence-electron chi connectivity index (χ0n) is 20.1. The molecule has 3 aromatic rings. The average Bonchev–Trinajstić information content (AvgIpc) is 2.86. The van der Waals surface area contributed by atoms with Gasteiger partial charge in [-0.1, -0.05) is 53.5 Å². The lowest BCUT2D eigenvalue weighted by Gasteiger charge is -2.32. The third kappa shape index (κ3) is 6.37. The van der Waals surface area contributed by atoms with E-state index in [1.165, 1.54) is 36.2 Å². The van der Waals surface area contributed by atoms with Gasteiger partial charge in [-0.2, -0.15) is 0 Å². The number of likely N-dealkylation sites (N-methyl/N-ethyl adjacent to an activating group) is 1. The fourth-order valence-corrected chi connectivity index (χ4v) is 5.40. The minimum Gasteiger partial charge on any atom is -0.357 e. The van der Waals surface area contributed by atoms with E-state index in [2.05, 4.69) is 5.32 Å². The topological polar surface area (TPSA) is 86.8 Å². The highest BCUT2D eigenvalue weighted by Crippen LogP contribution is 2.28. The molecule has 3 rings (SSSR count). The number of sulfonamides is 1. The summed E-state index contributed by atoms with van der Waals surface area (Å²) in [6.45, 7) is 2.94. The van der Waals surface area contributed by atoms with Gasteiger partial charge in [-0.15, -0.1) is 0 Å². The van der Waals surface area contributed by atoms with Crippen molar-refractivity contribution in [3.8, 4) is 0 Å². The summed E-state index contributed by atoms with van der Waals surface area (Å²) in [4.78, 5) is 27.5. The maximum absolute atomic E-state index is 13.7. The van der Waals surface area contributed by atoms with Gasteiger partial charge in [0.2, 0.25) is 11.8 Å². The molecule has 0 radical (unpaired) electrons. The second-order valence-corrected chi connectivity index (χ2v) is 10.9. The molecule has 2 amide bonds. The molecule has 0 saturated heterocycles. The molecule has 1 atom stereocenters. The maximum Gasteiger partial charge on any atom is 0.264 e. The number of hydrogen-bond acceptors (Lipinski definition) is 4. The first-order valence-electron chi connectivity index (χ1n) is 11.1. The number of carbonyl (C=O) groups excluding carboxylic acids is 2. The summed E-state index contributed by atoms with van der Waals surface area (Å²) < 4.78 is 28.5. The van der Waals surface area contributed by atoms with E-state index in [-0.39, 0.29) is 17.3 Å². The van der Waals surface area contributed by atoms with Crippen LogP contribution in [0.2, 0.25) is 10.0 Å². The molecule has 3 aromatic carbocycles. The van der Waals surface area contributed by atoms with Gasteiger partial charge in [0.1, 0.15) is 12.6 Å². The van der Waals surface area contributed by atoms with Crippen molar-refractivity contribution < 1.29 is 18.0 Å². The fraction of sp³-hybridized carbons (Fsp3) is 0.231. The van der Waals surface area contributed by atoms with Crippen LogP contribution in [-0.2, 0) is 26.2 Å². The van der Waals surface area contributed by atoms with E-state index in [9.17, 15) is 18.0 Å². The van der Waals surface area contributed by atoms with Crippen LogP contribution < -0.4 is 9.62 Å². The Balaban J connectivity index is 2.04. The molecule has 36 heavy (non-hydrogen) atoms. The molecule has 1 N–H and O–H groups in total. The van der Waals surface area contributed by atoms with Crippen molar-refractivity contribution in [2.24, 2.45) is 0 Å². The lowest BCUT2D eigenvalue weighted by Crippen LogP contribution is -2.50. The Hall–Kier alpha value is -3.07. The van der Waals surface area contributed by atoms with Gasteiger partial charge in [-0.3, -0.25) is 13.9 Å². The second kappa shape index (κ2) is 11.8. The van der Waals surface area contributed by atoms with Crippen LogP contribution in [-0.4, -0.2) is 44.8 Å². The summed E-state index contributed by atoms with van der Waals surface area (Å²) in [7, 11) is -2.66. The van der Waals surface area contributed by atoms with Crippen molar-refractivity contribution in [1.82, 2.24) is 10.2 Å². The minimum atomic E-state index is -4.14. The van der Waals surface area contributed by atoms with Gasteiger partial charge in [0, 0.05) is 23.6 Å². The summed E-state index contributed by atoms with van der Waals surface area (Å²) in [5.74, 6) is -0.915. The molecule has 0 spiro atoms. The molecule has 0 bridgehead atoms. The van der Waals surface area contributed by atoms with Crippen LogP contribution in [0.5, 0.6) is 0 Å². The molecular weight excluding hydrogens is 521 g/mol. The van der Waals surface area contributed by atoms with E-state index < -0.39 is 28.5 Å². The third-order valence-corrected chi connectivity index (χ3v) is 8.02. The smallest absolute Gasteiger partial charge is 0.264 e. The largest absolute Gasteiger partial charge is 0.357 e. The highest BCUT2D eigenvalue weighted by Gasteiger charge is 2.32. The van der Waals surface area contributed by atoms with Gasteiger partial charge in [-0.25, -0.2) is 8.42 Å². The number of amides is 2.